The summed E-state index contributed by atoms with van der Waals surface area (Å²) in [5.41, 5.74) is 3.79. The summed E-state index contributed by atoms with van der Waals surface area (Å²) >= 11 is 0. The van der Waals surface area contributed by atoms with Crippen molar-refractivity contribution >= 4 is 16.9 Å². The third kappa shape index (κ3) is 1.94. The SMILES string of the molecule is COC(=O)[C@H]1CC2c3cccc4c3c(cn4C)C[C@H]2N(C#N)C1. The number of methoxy groups -OCH3 is 1. The van der Waals surface area contributed by atoms with Gasteiger partial charge in [-0.1, -0.05) is 12.1 Å². The van der Waals surface area contributed by atoms with E-state index in [4.69, 9.17) is 4.74 Å². The van der Waals surface area contributed by atoms with Crippen LogP contribution in [0.2, 0.25) is 0 Å². The van der Waals surface area contributed by atoms with Crippen LogP contribution in [0.3, 0.4) is 0 Å². The quantitative estimate of drug-likeness (QED) is 0.598. The van der Waals surface area contributed by atoms with Gasteiger partial charge in [-0.15, -0.1) is 0 Å². The van der Waals surface area contributed by atoms with Crippen molar-refractivity contribution in [3.63, 3.8) is 0 Å². The summed E-state index contributed by atoms with van der Waals surface area (Å²) < 4.78 is 7.08. The third-order valence-electron chi connectivity index (χ3n) is 5.44. The van der Waals surface area contributed by atoms with Crippen molar-refractivity contribution in [2.75, 3.05) is 13.7 Å². The molecule has 118 valence electrons. The molecule has 0 spiro atoms. The number of aromatic nitrogens is 1. The molecule has 3 atom stereocenters. The van der Waals surface area contributed by atoms with Crippen LogP contribution < -0.4 is 0 Å². The summed E-state index contributed by atoms with van der Waals surface area (Å²) in [4.78, 5) is 13.8. The predicted octanol–water partition coefficient (Wildman–Crippen LogP) is 2.16. The highest BCUT2D eigenvalue weighted by molar-refractivity contribution is 5.89. The highest BCUT2D eigenvalue weighted by Gasteiger charge is 2.43. The second kappa shape index (κ2) is 5.02. The van der Waals surface area contributed by atoms with Gasteiger partial charge in [0.25, 0.3) is 0 Å². The van der Waals surface area contributed by atoms with Crippen molar-refractivity contribution in [2.24, 2.45) is 13.0 Å². The second-order valence-electron chi connectivity index (χ2n) is 6.59. The number of benzene rings is 1. The number of rotatable bonds is 1. The Labute approximate surface area is 135 Å². The fraction of sp³-hybridized carbons (Fsp3) is 0.444. The zero-order chi connectivity index (χ0) is 16.1. The summed E-state index contributed by atoms with van der Waals surface area (Å²) in [6, 6.07) is 6.49. The number of aryl methyl sites for hydroxylation is 1. The van der Waals surface area contributed by atoms with Crippen molar-refractivity contribution in [1.82, 2.24) is 9.47 Å². The average Bonchev–Trinajstić information content (AvgIpc) is 2.91. The zero-order valence-corrected chi connectivity index (χ0v) is 13.3. The van der Waals surface area contributed by atoms with Gasteiger partial charge in [0.1, 0.15) is 0 Å². The van der Waals surface area contributed by atoms with Crippen LogP contribution in [0.5, 0.6) is 0 Å². The largest absolute Gasteiger partial charge is 0.469 e. The van der Waals surface area contributed by atoms with Gasteiger partial charge in [-0.05, 0) is 30.0 Å². The third-order valence-corrected chi connectivity index (χ3v) is 5.44. The number of esters is 1. The lowest BCUT2D eigenvalue weighted by Crippen LogP contribution is -2.49. The van der Waals surface area contributed by atoms with Crippen LogP contribution >= 0.6 is 0 Å². The molecule has 2 heterocycles. The molecule has 0 radical (unpaired) electrons. The molecule has 23 heavy (non-hydrogen) atoms. The van der Waals surface area contributed by atoms with Crippen LogP contribution in [-0.2, 0) is 23.0 Å². The molecular weight excluding hydrogens is 290 g/mol. The zero-order valence-electron chi connectivity index (χ0n) is 13.3. The molecule has 1 aliphatic carbocycles. The molecule has 1 aromatic heterocycles. The topological polar surface area (TPSA) is 58.3 Å². The van der Waals surface area contributed by atoms with Gasteiger partial charge in [0, 0.05) is 36.6 Å². The highest BCUT2D eigenvalue weighted by atomic mass is 16.5. The number of hydrogen-bond donors (Lipinski definition) is 0. The number of carbonyl (C=O) groups is 1. The van der Waals surface area contributed by atoms with Crippen molar-refractivity contribution in [3.8, 4) is 6.19 Å². The summed E-state index contributed by atoms with van der Waals surface area (Å²) in [5, 5.41) is 10.9. The van der Waals surface area contributed by atoms with Gasteiger partial charge in [0.05, 0.1) is 19.1 Å². The van der Waals surface area contributed by atoms with Gasteiger partial charge in [-0.25, -0.2) is 0 Å². The van der Waals surface area contributed by atoms with Crippen LogP contribution in [0.25, 0.3) is 10.9 Å². The van der Waals surface area contributed by atoms with Crippen LogP contribution in [0.4, 0.5) is 0 Å². The first-order chi connectivity index (χ1) is 11.1. The van der Waals surface area contributed by atoms with Crippen molar-refractivity contribution < 1.29 is 9.53 Å². The molecule has 2 aliphatic rings. The Morgan fingerprint density at radius 3 is 3.00 bits per heavy atom. The molecule has 4 rings (SSSR count). The summed E-state index contributed by atoms with van der Waals surface area (Å²) in [6.45, 7) is 0.461. The van der Waals surface area contributed by atoms with E-state index in [1.165, 1.54) is 29.1 Å². The minimum Gasteiger partial charge on any atom is -0.469 e. The first-order valence-corrected chi connectivity index (χ1v) is 7.95. The second-order valence-corrected chi connectivity index (χ2v) is 6.59. The Morgan fingerprint density at radius 2 is 2.26 bits per heavy atom. The summed E-state index contributed by atoms with van der Waals surface area (Å²) in [5.74, 6) is -0.248. The monoisotopic (exact) mass is 309 g/mol. The number of carbonyl (C=O) groups excluding carboxylic acids is 1. The Kier molecular flexibility index (Phi) is 3.08. The van der Waals surface area contributed by atoms with Gasteiger partial charge >= 0.3 is 5.97 Å². The first kappa shape index (κ1) is 14.1. The van der Waals surface area contributed by atoms with E-state index < -0.39 is 0 Å². The van der Waals surface area contributed by atoms with E-state index in [0.717, 1.165) is 12.8 Å². The molecule has 1 saturated heterocycles. The number of fused-ring (bicyclic) bond motifs is 2. The Balaban J connectivity index is 1.84. The maximum absolute atomic E-state index is 12.0. The number of nitrogens with zero attached hydrogens (tertiary/aromatic N) is 3. The fourth-order valence-corrected chi connectivity index (χ4v) is 4.43. The molecule has 1 fully saturated rings. The lowest BCUT2D eigenvalue weighted by molar-refractivity contribution is -0.147. The maximum Gasteiger partial charge on any atom is 0.310 e. The minimum absolute atomic E-state index is 0.140. The van der Waals surface area contributed by atoms with Gasteiger partial charge in [0.15, 0.2) is 6.19 Å². The highest BCUT2D eigenvalue weighted by Crippen LogP contribution is 2.45. The van der Waals surface area contributed by atoms with Crippen LogP contribution in [0, 0.1) is 17.4 Å². The van der Waals surface area contributed by atoms with E-state index in [-0.39, 0.29) is 23.8 Å². The van der Waals surface area contributed by atoms with E-state index in [0.29, 0.717) is 6.54 Å². The summed E-state index contributed by atoms with van der Waals surface area (Å²) in [6.07, 6.45) is 6.09. The molecule has 2 aromatic rings. The minimum atomic E-state index is -0.235. The molecule has 1 unspecified atom stereocenters. The number of hydrogen-bond acceptors (Lipinski definition) is 4. The Bertz CT molecular complexity index is 833. The lowest BCUT2D eigenvalue weighted by Gasteiger charge is -2.43. The predicted molar refractivity (Wildman–Crippen MR) is 85.6 cm³/mol. The summed E-state index contributed by atoms with van der Waals surface area (Å²) in [7, 11) is 3.48. The molecule has 0 bridgehead atoms. The van der Waals surface area contributed by atoms with E-state index in [2.05, 4.69) is 42.2 Å². The lowest BCUT2D eigenvalue weighted by atomic mass is 9.72. The average molecular weight is 309 g/mol. The molecule has 0 saturated carbocycles. The Hall–Kier alpha value is -2.48. The van der Waals surface area contributed by atoms with E-state index >= 15 is 0 Å². The fourth-order valence-electron chi connectivity index (χ4n) is 4.43. The van der Waals surface area contributed by atoms with Crippen LogP contribution in [0.1, 0.15) is 23.5 Å². The molecule has 5 nitrogen and oxygen atoms in total. The van der Waals surface area contributed by atoms with Crippen LogP contribution in [-0.4, -0.2) is 35.1 Å². The number of ether oxygens (including phenoxy) is 1. The Morgan fingerprint density at radius 1 is 1.43 bits per heavy atom. The number of piperidine rings is 1. The van der Waals surface area contributed by atoms with E-state index in [9.17, 15) is 10.1 Å². The molecule has 0 amide bonds. The number of nitriles is 1. The maximum atomic E-state index is 12.0. The number of likely N-dealkylation sites (tertiary alicyclic amines) is 1. The standard InChI is InChI=1S/C18H19N3O2/c1-20-8-11-7-16-14(13-4-3-5-15(20)17(11)13)6-12(18(22)23-2)9-21(16)10-19/h3-5,8,12,14,16H,6-7,9H2,1-2H3/t12-,14?,16+/m0/s1. The van der Waals surface area contributed by atoms with Crippen molar-refractivity contribution in [2.45, 2.75) is 24.8 Å². The van der Waals surface area contributed by atoms with E-state index in [1.54, 1.807) is 4.90 Å². The van der Waals surface area contributed by atoms with Gasteiger partial charge < -0.3 is 14.2 Å². The van der Waals surface area contributed by atoms with E-state index in [1.807, 2.05) is 0 Å². The smallest absolute Gasteiger partial charge is 0.310 e. The molecular formula is C18H19N3O2. The first-order valence-electron chi connectivity index (χ1n) is 7.95. The normalized spacial score (nSPS) is 25.8. The molecule has 1 aromatic carbocycles. The molecule has 1 aliphatic heterocycles. The molecule has 5 heteroatoms. The molecule has 0 N–H and O–H groups in total. The van der Waals surface area contributed by atoms with Crippen molar-refractivity contribution in [3.05, 3.63) is 35.5 Å². The van der Waals surface area contributed by atoms with Crippen molar-refractivity contribution in [1.29, 1.82) is 5.26 Å². The van der Waals surface area contributed by atoms with Gasteiger partial charge in [-0.2, -0.15) is 5.26 Å². The van der Waals surface area contributed by atoms with Gasteiger partial charge in [0.2, 0.25) is 0 Å². The van der Waals surface area contributed by atoms with Crippen LogP contribution in [0.15, 0.2) is 24.4 Å². The van der Waals surface area contributed by atoms with Gasteiger partial charge in [-0.3, -0.25) is 4.79 Å².